The highest BCUT2D eigenvalue weighted by Crippen LogP contribution is 2.25. The molecule has 20 heavy (non-hydrogen) atoms. The quantitative estimate of drug-likeness (QED) is 0.655. The fraction of sp³-hybridized carbons (Fsp3) is 0.333. The molecule has 1 heterocycles. The Bertz CT molecular complexity index is 654. The van der Waals surface area contributed by atoms with Crippen molar-refractivity contribution in [2.24, 2.45) is 0 Å². The molecule has 1 aliphatic rings. The molecule has 0 bridgehead atoms. The minimum atomic E-state index is -3.68. The number of hydrogen-bond acceptors (Lipinski definition) is 4. The topological polar surface area (TPSA) is 113 Å². The zero-order valence-corrected chi connectivity index (χ0v) is 11.4. The van der Waals surface area contributed by atoms with Crippen molar-refractivity contribution >= 4 is 27.6 Å². The van der Waals surface area contributed by atoms with Gasteiger partial charge in [0.25, 0.3) is 0 Å². The predicted octanol–water partition coefficient (Wildman–Crippen LogP) is 0.324. The first-order valence-corrected chi connectivity index (χ1v) is 7.51. The Morgan fingerprint density at radius 1 is 1.40 bits per heavy atom. The van der Waals surface area contributed by atoms with Gasteiger partial charge in [-0.1, -0.05) is 0 Å². The van der Waals surface area contributed by atoms with Crippen LogP contribution in [0.3, 0.4) is 0 Å². The van der Waals surface area contributed by atoms with E-state index in [1.165, 1.54) is 12.1 Å². The summed E-state index contributed by atoms with van der Waals surface area (Å²) in [6.07, 6.45) is 0.294. The summed E-state index contributed by atoms with van der Waals surface area (Å²) in [5.74, 6) is -1.13. The molecule has 1 aliphatic heterocycles. The molecule has 1 aromatic carbocycles. The number of carbonyl (C=O) groups excluding carboxylic acids is 1. The molecular weight excluding hydrogens is 284 g/mol. The third-order valence-electron chi connectivity index (χ3n) is 2.87. The Hall–Kier alpha value is -1.93. The molecule has 8 heteroatoms. The number of aliphatic carboxylic acids is 1. The second-order valence-electron chi connectivity index (χ2n) is 4.44. The summed E-state index contributed by atoms with van der Waals surface area (Å²) in [7, 11) is -3.68. The van der Waals surface area contributed by atoms with Crippen molar-refractivity contribution in [1.82, 2.24) is 4.72 Å². The number of anilines is 1. The standard InChI is InChI=1S/C12H14N2O5S/c15-11-7-8-6-9(3-4-10(8)14-11)20(18,19)13-5-1-2-12(16)17/h3-4,6,13H,1-2,5,7H2,(H,14,15)(H,16,17). The second kappa shape index (κ2) is 5.59. The van der Waals surface area contributed by atoms with E-state index >= 15 is 0 Å². The molecule has 0 spiro atoms. The van der Waals surface area contributed by atoms with Crippen molar-refractivity contribution in [3.8, 4) is 0 Å². The lowest BCUT2D eigenvalue weighted by atomic mass is 10.2. The van der Waals surface area contributed by atoms with Crippen LogP contribution >= 0.6 is 0 Å². The van der Waals surface area contributed by atoms with Gasteiger partial charge in [0, 0.05) is 18.7 Å². The van der Waals surface area contributed by atoms with Crippen molar-refractivity contribution in [2.75, 3.05) is 11.9 Å². The third kappa shape index (κ3) is 3.34. The van der Waals surface area contributed by atoms with E-state index in [2.05, 4.69) is 10.0 Å². The molecule has 3 N–H and O–H groups in total. The highest BCUT2D eigenvalue weighted by molar-refractivity contribution is 7.89. The summed E-state index contributed by atoms with van der Waals surface area (Å²) in [4.78, 5) is 21.6. The predicted molar refractivity (Wildman–Crippen MR) is 70.8 cm³/mol. The van der Waals surface area contributed by atoms with Gasteiger partial charge in [-0.05, 0) is 30.2 Å². The fourth-order valence-electron chi connectivity index (χ4n) is 1.90. The number of rotatable bonds is 6. The van der Waals surface area contributed by atoms with Crippen LogP contribution in [0.1, 0.15) is 18.4 Å². The second-order valence-corrected chi connectivity index (χ2v) is 6.21. The lowest BCUT2D eigenvalue weighted by Gasteiger charge is -2.07. The number of carboxylic acid groups (broad SMARTS) is 1. The minimum Gasteiger partial charge on any atom is -0.481 e. The van der Waals surface area contributed by atoms with Crippen LogP contribution in [-0.2, 0) is 26.0 Å². The molecule has 0 unspecified atom stereocenters. The average molecular weight is 298 g/mol. The lowest BCUT2D eigenvalue weighted by molar-refractivity contribution is -0.137. The molecule has 0 saturated heterocycles. The number of sulfonamides is 1. The van der Waals surface area contributed by atoms with Crippen LogP contribution in [0, 0.1) is 0 Å². The van der Waals surface area contributed by atoms with Gasteiger partial charge in [0.1, 0.15) is 0 Å². The van der Waals surface area contributed by atoms with Gasteiger partial charge in [-0.25, -0.2) is 13.1 Å². The number of nitrogens with one attached hydrogen (secondary N) is 2. The van der Waals surface area contributed by atoms with Gasteiger partial charge in [0.2, 0.25) is 15.9 Å². The average Bonchev–Trinajstić information content (AvgIpc) is 2.73. The number of amides is 1. The van der Waals surface area contributed by atoms with Gasteiger partial charge in [-0.2, -0.15) is 0 Å². The number of benzene rings is 1. The summed E-state index contributed by atoms with van der Waals surface area (Å²) in [5, 5.41) is 11.1. The monoisotopic (exact) mass is 298 g/mol. The maximum absolute atomic E-state index is 12.0. The summed E-state index contributed by atoms with van der Waals surface area (Å²) in [6, 6.07) is 4.41. The van der Waals surface area contributed by atoms with E-state index in [1.807, 2.05) is 0 Å². The maximum Gasteiger partial charge on any atom is 0.303 e. The molecular formula is C12H14N2O5S. The number of hydrogen-bond donors (Lipinski definition) is 3. The number of carbonyl (C=O) groups is 2. The Morgan fingerprint density at radius 2 is 2.15 bits per heavy atom. The highest BCUT2D eigenvalue weighted by atomic mass is 32.2. The van der Waals surface area contributed by atoms with Crippen LogP contribution in [0.15, 0.2) is 23.1 Å². The first-order chi connectivity index (χ1) is 9.38. The largest absolute Gasteiger partial charge is 0.481 e. The molecule has 0 aromatic heterocycles. The zero-order valence-electron chi connectivity index (χ0n) is 10.5. The van der Waals surface area contributed by atoms with E-state index < -0.39 is 16.0 Å². The molecule has 2 rings (SSSR count). The molecule has 0 fully saturated rings. The third-order valence-corrected chi connectivity index (χ3v) is 4.33. The lowest BCUT2D eigenvalue weighted by Crippen LogP contribution is -2.25. The number of fused-ring (bicyclic) bond motifs is 1. The summed E-state index contributed by atoms with van der Waals surface area (Å²) in [5.41, 5.74) is 1.27. The molecule has 0 saturated carbocycles. The Labute approximate surface area is 116 Å². The summed E-state index contributed by atoms with van der Waals surface area (Å²) in [6.45, 7) is 0.0584. The van der Waals surface area contributed by atoms with Gasteiger partial charge in [0.05, 0.1) is 11.3 Å². The number of carboxylic acids is 1. The van der Waals surface area contributed by atoms with Gasteiger partial charge >= 0.3 is 5.97 Å². The van der Waals surface area contributed by atoms with Gasteiger partial charge in [0.15, 0.2) is 0 Å². The van der Waals surface area contributed by atoms with Crippen molar-refractivity contribution in [3.05, 3.63) is 23.8 Å². The van der Waals surface area contributed by atoms with E-state index in [9.17, 15) is 18.0 Å². The van der Waals surface area contributed by atoms with Crippen molar-refractivity contribution in [1.29, 1.82) is 0 Å². The van der Waals surface area contributed by atoms with Gasteiger partial charge in [-0.3, -0.25) is 9.59 Å². The normalized spacial score (nSPS) is 13.9. The molecule has 0 radical (unpaired) electrons. The van der Waals surface area contributed by atoms with Crippen LogP contribution in [-0.4, -0.2) is 31.9 Å². The molecule has 7 nitrogen and oxygen atoms in total. The van der Waals surface area contributed by atoms with Gasteiger partial charge in [-0.15, -0.1) is 0 Å². The van der Waals surface area contributed by atoms with Crippen molar-refractivity contribution in [3.63, 3.8) is 0 Å². The molecule has 1 amide bonds. The molecule has 1 aromatic rings. The first-order valence-electron chi connectivity index (χ1n) is 6.03. The maximum atomic E-state index is 12.0. The summed E-state index contributed by atoms with van der Waals surface area (Å²) >= 11 is 0. The zero-order chi connectivity index (χ0) is 14.8. The van der Waals surface area contributed by atoms with Crippen molar-refractivity contribution in [2.45, 2.75) is 24.2 Å². The Balaban J connectivity index is 2.05. The smallest absolute Gasteiger partial charge is 0.303 e. The van der Waals surface area contributed by atoms with Crippen LogP contribution < -0.4 is 10.0 Å². The molecule has 108 valence electrons. The van der Waals surface area contributed by atoms with Crippen LogP contribution in [0.5, 0.6) is 0 Å². The van der Waals surface area contributed by atoms with E-state index in [-0.39, 0.29) is 36.6 Å². The van der Waals surface area contributed by atoms with Crippen LogP contribution in [0.2, 0.25) is 0 Å². The van der Waals surface area contributed by atoms with Crippen LogP contribution in [0.25, 0.3) is 0 Å². The fourth-order valence-corrected chi connectivity index (χ4v) is 3.03. The minimum absolute atomic E-state index is 0.0584. The van der Waals surface area contributed by atoms with Gasteiger partial charge < -0.3 is 10.4 Å². The molecule has 0 atom stereocenters. The Morgan fingerprint density at radius 3 is 2.85 bits per heavy atom. The Kier molecular flexibility index (Phi) is 4.05. The van der Waals surface area contributed by atoms with Crippen molar-refractivity contribution < 1.29 is 23.1 Å². The highest BCUT2D eigenvalue weighted by Gasteiger charge is 2.21. The summed E-state index contributed by atoms with van der Waals surface area (Å²) < 4.78 is 26.3. The first kappa shape index (κ1) is 14.5. The van der Waals surface area contributed by atoms with E-state index in [1.54, 1.807) is 6.07 Å². The van der Waals surface area contributed by atoms with E-state index in [4.69, 9.17) is 5.11 Å². The SMILES string of the molecule is O=C(O)CCCNS(=O)(=O)c1ccc2c(c1)CC(=O)N2. The molecule has 0 aliphatic carbocycles. The van der Waals surface area contributed by atoms with E-state index in [0.717, 1.165) is 0 Å². The van der Waals surface area contributed by atoms with E-state index in [0.29, 0.717) is 11.3 Å². The van der Waals surface area contributed by atoms with Crippen LogP contribution in [0.4, 0.5) is 5.69 Å².